The maximum Gasteiger partial charge on any atom is 0.238 e. The van der Waals surface area contributed by atoms with Crippen molar-refractivity contribution in [2.45, 2.75) is 24.3 Å². The molecule has 2 aromatic heterocycles. The van der Waals surface area contributed by atoms with E-state index in [9.17, 15) is 4.79 Å². The third-order valence-electron chi connectivity index (χ3n) is 2.25. The van der Waals surface area contributed by atoms with Crippen LogP contribution < -0.4 is 5.32 Å². The fraction of sp³-hybridized carbons (Fsp3) is 0.273. The van der Waals surface area contributed by atoms with Gasteiger partial charge in [-0.2, -0.15) is 5.26 Å². The monoisotopic (exact) mass is 293 g/mol. The summed E-state index contributed by atoms with van der Waals surface area (Å²) in [6, 6.07) is 3.71. The zero-order valence-corrected chi connectivity index (χ0v) is 11.9. The molecular formula is C11H11N5OS2. The molecule has 0 fully saturated rings. The number of nitrogens with zero attached hydrogens (tertiary/aromatic N) is 3. The van der Waals surface area contributed by atoms with Crippen LogP contribution in [0.1, 0.15) is 18.3 Å². The van der Waals surface area contributed by atoms with E-state index >= 15 is 0 Å². The van der Waals surface area contributed by atoms with Crippen molar-refractivity contribution >= 4 is 34.0 Å². The molecule has 0 radical (unpaired) electrons. The minimum Gasteiger partial charge on any atom is -0.316 e. The Morgan fingerprint density at radius 1 is 1.68 bits per heavy atom. The number of H-pyrrole nitrogens is 1. The number of thioether (sulfide) groups is 1. The van der Waals surface area contributed by atoms with Crippen molar-refractivity contribution in [1.29, 1.82) is 5.26 Å². The summed E-state index contributed by atoms with van der Waals surface area (Å²) in [5.74, 6) is 0.534. The van der Waals surface area contributed by atoms with E-state index in [0.717, 1.165) is 0 Å². The van der Waals surface area contributed by atoms with E-state index in [1.165, 1.54) is 23.1 Å². The molecule has 2 rings (SSSR count). The molecule has 2 heterocycles. The first kappa shape index (κ1) is 13.6. The van der Waals surface area contributed by atoms with Gasteiger partial charge in [-0.25, -0.2) is 4.98 Å². The Morgan fingerprint density at radius 3 is 3.11 bits per heavy atom. The predicted octanol–water partition coefficient (Wildman–Crippen LogP) is 2.17. The second-order valence-electron chi connectivity index (χ2n) is 3.73. The van der Waals surface area contributed by atoms with Crippen LogP contribution in [0.2, 0.25) is 0 Å². The van der Waals surface area contributed by atoms with Gasteiger partial charge in [-0.3, -0.25) is 9.89 Å². The second-order valence-corrected chi connectivity index (χ2v) is 5.95. The fourth-order valence-corrected chi connectivity index (χ4v) is 2.80. The lowest BCUT2D eigenvalue weighted by molar-refractivity contribution is -0.115. The van der Waals surface area contributed by atoms with Crippen molar-refractivity contribution in [3.63, 3.8) is 0 Å². The average molecular weight is 293 g/mol. The number of amides is 1. The lowest BCUT2D eigenvalue weighted by atomic mass is 10.3. The summed E-state index contributed by atoms with van der Waals surface area (Å²) < 4.78 is 0. The number of carbonyl (C=O) groups is 1. The molecule has 1 amide bonds. The van der Waals surface area contributed by atoms with Crippen LogP contribution in [0.25, 0.3) is 0 Å². The number of hydrogen-bond donors (Lipinski definition) is 2. The number of anilines is 1. The van der Waals surface area contributed by atoms with Crippen LogP contribution in [0.3, 0.4) is 0 Å². The van der Waals surface area contributed by atoms with Crippen LogP contribution in [0.15, 0.2) is 16.6 Å². The summed E-state index contributed by atoms with van der Waals surface area (Å²) in [5, 5.41) is 20.8. The van der Waals surface area contributed by atoms with Crippen molar-refractivity contribution in [3.8, 4) is 6.07 Å². The van der Waals surface area contributed by atoms with Gasteiger partial charge in [0.2, 0.25) is 11.1 Å². The van der Waals surface area contributed by atoms with Gasteiger partial charge >= 0.3 is 0 Å². The number of nitriles is 1. The summed E-state index contributed by atoms with van der Waals surface area (Å²) in [6.07, 6.45) is 0. The van der Waals surface area contributed by atoms with Crippen LogP contribution in [0.4, 0.5) is 5.00 Å². The second kappa shape index (κ2) is 5.86. The molecule has 19 heavy (non-hydrogen) atoms. The molecule has 0 bridgehead atoms. The SMILES string of the molecule is Cc1nc(S[C@@H](C)C(=O)Nc2sccc2C#N)n[nH]1. The highest BCUT2D eigenvalue weighted by Crippen LogP contribution is 2.25. The minimum atomic E-state index is -0.344. The molecule has 0 saturated heterocycles. The first-order chi connectivity index (χ1) is 9.10. The van der Waals surface area contributed by atoms with E-state index in [0.29, 0.717) is 21.5 Å². The highest BCUT2D eigenvalue weighted by atomic mass is 32.2. The van der Waals surface area contributed by atoms with Crippen molar-refractivity contribution < 1.29 is 4.79 Å². The van der Waals surface area contributed by atoms with Crippen molar-refractivity contribution in [3.05, 3.63) is 22.8 Å². The van der Waals surface area contributed by atoms with E-state index < -0.39 is 0 Å². The van der Waals surface area contributed by atoms with E-state index in [4.69, 9.17) is 5.26 Å². The van der Waals surface area contributed by atoms with E-state index in [1.54, 1.807) is 25.3 Å². The Hall–Kier alpha value is -1.85. The molecular weight excluding hydrogens is 282 g/mol. The topological polar surface area (TPSA) is 94.5 Å². The largest absolute Gasteiger partial charge is 0.316 e. The zero-order chi connectivity index (χ0) is 13.8. The third-order valence-corrected chi connectivity index (χ3v) is 4.04. The van der Waals surface area contributed by atoms with Crippen molar-refractivity contribution in [2.24, 2.45) is 0 Å². The van der Waals surface area contributed by atoms with Gasteiger partial charge in [0.05, 0.1) is 10.8 Å². The van der Waals surface area contributed by atoms with Crippen LogP contribution in [-0.4, -0.2) is 26.3 Å². The van der Waals surface area contributed by atoms with Gasteiger partial charge in [0.25, 0.3) is 0 Å². The molecule has 0 aliphatic carbocycles. The molecule has 6 nitrogen and oxygen atoms in total. The smallest absolute Gasteiger partial charge is 0.238 e. The van der Waals surface area contributed by atoms with Gasteiger partial charge in [-0.1, -0.05) is 11.8 Å². The Bertz CT molecular complexity index is 627. The Kier molecular flexibility index (Phi) is 4.19. The highest BCUT2D eigenvalue weighted by molar-refractivity contribution is 8.00. The summed E-state index contributed by atoms with van der Waals surface area (Å²) in [7, 11) is 0. The van der Waals surface area contributed by atoms with Gasteiger partial charge < -0.3 is 5.32 Å². The molecule has 0 saturated carbocycles. The first-order valence-electron chi connectivity index (χ1n) is 5.44. The maximum absolute atomic E-state index is 12.0. The number of aromatic nitrogens is 3. The molecule has 0 spiro atoms. The van der Waals surface area contributed by atoms with Crippen molar-refractivity contribution in [1.82, 2.24) is 15.2 Å². The van der Waals surface area contributed by atoms with Crippen LogP contribution in [-0.2, 0) is 4.79 Å². The fourth-order valence-electron chi connectivity index (χ4n) is 1.29. The Morgan fingerprint density at radius 2 is 2.47 bits per heavy atom. The number of nitrogens with one attached hydrogen (secondary N) is 2. The molecule has 2 aromatic rings. The number of thiophene rings is 1. The van der Waals surface area contributed by atoms with E-state index in [2.05, 4.69) is 20.5 Å². The quantitative estimate of drug-likeness (QED) is 0.842. The van der Waals surface area contributed by atoms with Gasteiger partial charge in [0.1, 0.15) is 16.9 Å². The molecule has 0 aliphatic rings. The van der Waals surface area contributed by atoms with Gasteiger partial charge in [0, 0.05) is 0 Å². The number of carbonyl (C=O) groups excluding carboxylic acids is 1. The number of rotatable bonds is 4. The molecule has 8 heteroatoms. The summed E-state index contributed by atoms with van der Waals surface area (Å²) in [6.45, 7) is 3.57. The number of hydrogen-bond acceptors (Lipinski definition) is 6. The first-order valence-corrected chi connectivity index (χ1v) is 7.20. The van der Waals surface area contributed by atoms with Crippen molar-refractivity contribution in [2.75, 3.05) is 5.32 Å². The Labute approximate surface area is 118 Å². The molecule has 1 atom stereocenters. The lowest BCUT2D eigenvalue weighted by Crippen LogP contribution is -2.22. The molecule has 0 aromatic carbocycles. The van der Waals surface area contributed by atoms with Crippen LogP contribution >= 0.6 is 23.1 Å². The van der Waals surface area contributed by atoms with Gasteiger partial charge in [0.15, 0.2) is 0 Å². The van der Waals surface area contributed by atoms with E-state index in [1.807, 2.05) is 6.07 Å². The normalized spacial score (nSPS) is 11.8. The lowest BCUT2D eigenvalue weighted by Gasteiger charge is -2.08. The highest BCUT2D eigenvalue weighted by Gasteiger charge is 2.18. The molecule has 2 N–H and O–H groups in total. The van der Waals surface area contributed by atoms with Gasteiger partial charge in [-0.05, 0) is 25.3 Å². The standard InChI is InChI=1S/C11H11N5OS2/c1-6(19-11-13-7(2)15-16-11)9(17)14-10-8(5-12)3-4-18-10/h3-4,6H,1-2H3,(H,14,17)(H,13,15,16)/t6-/m0/s1. The van der Waals surface area contributed by atoms with E-state index in [-0.39, 0.29) is 11.2 Å². The summed E-state index contributed by atoms with van der Waals surface area (Å²) in [5.41, 5.74) is 0.476. The predicted molar refractivity (Wildman–Crippen MR) is 74.1 cm³/mol. The number of aromatic amines is 1. The Balaban J connectivity index is 1.98. The van der Waals surface area contributed by atoms with Crippen LogP contribution in [0, 0.1) is 18.3 Å². The van der Waals surface area contributed by atoms with Gasteiger partial charge in [-0.15, -0.1) is 16.4 Å². The maximum atomic E-state index is 12.0. The molecule has 98 valence electrons. The zero-order valence-electron chi connectivity index (χ0n) is 10.3. The molecule has 0 aliphatic heterocycles. The third kappa shape index (κ3) is 3.33. The minimum absolute atomic E-state index is 0.175. The average Bonchev–Trinajstić information content (AvgIpc) is 2.98. The molecule has 0 unspecified atom stereocenters. The summed E-state index contributed by atoms with van der Waals surface area (Å²) >= 11 is 2.59. The number of aryl methyl sites for hydroxylation is 1. The van der Waals surface area contributed by atoms with Crippen LogP contribution in [0.5, 0.6) is 0 Å². The summed E-state index contributed by atoms with van der Waals surface area (Å²) in [4.78, 5) is 16.1.